The highest BCUT2D eigenvalue weighted by molar-refractivity contribution is 5.94. The van der Waals surface area contributed by atoms with Crippen LogP contribution in [0.4, 0.5) is 8.78 Å². The van der Waals surface area contributed by atoms with Crippen molar-refractivity contribution in [2.45, 2.75) is 6.42 Å². The zero-order chi connectivity index (χ0) is 12.3. The molecule has 1 heterocycles. The van der Waals surface area contributed by atoms with Gasteiger partial charge in [-0.3, -0.25) is 4.79 Å². The first-order valence-electron chi connectivity index (χ1n) is 5.61. The Bertz CT molecular complexity index is 423. The lowest BCUT2D eigenvalue weighted by atomic mass is 10.1. The van der Waals surface area contributed by atoms with E-state index in [2.05, 4.69) is 10.6 Å². The van der Waals surface area contributed by atoms with E-state index < -0.39 is 17.5 Å². The number of halogens is 3. The molecule has 1 atom stereocenters. The Morgan fingerprint density at radius 2 is 2.22 bits per heavy atom. The van der Waals surface area contributed by atoms with Crippen LogP contribution in [-0.2, 0) is 0 Å². The van der Waals surface area contributed by atoms with E-state index in [1.807, 2.05) is 0 Å². The Morgan fingerprint density at radius 3 is 2.83 bits per heavy atom. The van der Waals surface area contributed by atoms with Gasteiger partial charge in [-0.15, -0.1) is 12.4 Å². The Morgan fingerprint density at radius 1 is 1.44 bits per heavy atom. The topological polar surface area (TPSA) is 41.1 Å². The summed E-state index contributed by atoms with van der Waals surface area (Å²) in [7, 11) is 0. The van der Waals surface area contributed by atoms with E-state index in [9.17, 15) is 13.6 Å². The molecule has 2 rings (SSSR count). The van der Waals surface area contributed by atoms with Crippen LogP contribution in [0.2, 0.25) is 0 Å². The highest BCUT2D eigenvalue weighted by atomic mass is 35.5. The molecule has 1 aromatic carbocycles. The largest absolute Gasteiger partial charge is 0.352 e. The van der Waals surface area contributed by atoms with Crippen molar-refractivity contribution in [1.29, 1.82) is 0 Å². The maximum atomic E-state index is 13.3. The third-order valence-electron chi connectivity index (χ3n) is 2.89. The second kappa shape index (κ2) is 6.66. The van der Waals surface area contributed by atoms with Crippen molar-refractivity contribution in [1.82, 2.24) is 10.6 Å². The van der Waals surface area contributed by atoms with Crippen LogP contribution in [0.1, 0.15) is 16.8 Å². The Kier molecular flexibility index (Phi) is 5.50. The number of hydrogen-bond acceptors (Lipinski definition) is 2. The number of carbonyl (C=O) groups is 1. The molecule has 1 amide bonds. The highest BCUT2D eigenvalue weighted by Gasteiger charge is 2.17. The summed E-state index contributed by atoms with van der Waals surface area (Å²) in [5.74, 6) is -1.61. The highest BCUT2D eigenvalue weighted by Crippen LogP contribution is 2.10. The number of rotatable bonds is 3. The van der Waals surface area contributed by atoms with Crippen molar-refractivity contribution in [2.75, 3.05) is 19.6 Å². The molecule has 0 aliphatic carbocycles. The van der Waals surface area contributed by atoms with Crippen molar-refractivity contribution in [2.24, 2.45) is 5.92 Å². The fourth-order valence-electron chi connectivity index (χ4n) is 1.89. The van der Waals surface area contributed by atoms with E-state index >= 15 is 0 Å². The normalized spacial score (nSPS) is 18.2. The summed E-state index contributed by atoms with van der Waals surface area (Å²) in [5.41, 5.74) is -0.114. The summed E-state index contributed by atoms with van der Waals surface area (Å²) < 4.78 is 26.0. The molecule has 1 fully saturated rings. The van der Waals surface area contributed by atoms with Gasteiger partial charge >= 0.3 is 0 Å². The molecular weight excluding hydrogens is 262 g/mol. The Balaban J connectivity index is 0.00000162. The summed E-state index contributed by atoms with van der Waals surface area (Å²) in [6.07, 6.45) is 1.01. The second-order valence-corrected chi connectivity index (χ2v) is 4.19. The Hall–Kier alpha value is -1.20. The smallest absolute Gasteiger partial charge is 0.254 e. The third-order valence-corrected chi connectivity index (χ3v) is 2.89. The molecule has 3 nitrogen and oxygen atoms in total. The molecule has 0 saturated carbocycles. The van der Waals surface area contributed by atoms with Crippen LogP contribution in [0, 0.1) is 17.6 Å². The summed E-state index contributed by atoms with van der Waals surface area (Å²) in [4.78, 5) is 11.6. The van der Waals surface area contributed by atoms with Gasteiger partial charge in [0.25, 0.3) is 5.91 Å². The van der Waals surface area contributed by atoms with Crippen LogP contribution in [0.3, 0.4) is 0 Å². The van der Waals surface area contributed by atoms with Gasteiger partial charge in [0.2, 0.25) is 0 Å². The average molecular weight is 277 g/mol. The number of amides is 1. The van der Waals surface area contributed by atoms with Crippen molar-refractivity contribution in [3.05, 3.63) is 35.4 Å². The zero-order valence-electron chi connectivity index (χ0n) is 9.71. The first-order chi connectivity index (χ1) is 8.16. The zero-order valence-corrected chi connectivity index (χ0v) is 10.5. The fraction of sp³-hybridized carbons (Fsp3) is 0.417. The lowest BCUT2D eigenvalue weighted by Crippen LogP contribution is -2.30. The molecule has 0 bridgehead atoms. The maximum Gasteiger partial charge on any atom is 0.254 e. The van der Waals surface area contributed by atoms with E-state index in [1.54, 1.807) is 0 Å². The predicted molar refractivity (Wildman–Crippen MR) is 66.9 cm³/mol. The van der Waals surface area contributed by atoms with Gasteiger partial charge in [-0.1, -0.05) is 0 Å². The average Bonchev–Trinajstić information content (AvgIpc) is 2.78. The van der Waals surface area contributed by atoms with E-state index in [1.165, 1.54) is 0 Å². The molecule has 1 saturated heterocycles. The van der Waals surface area contributed by atoms with Crippen LogP contribution in [-0.4, -0.2) is 25.5 Å². The number of carbonyl (C=O) groups excluding carboxylic acids is 1. The number of nitrogens with one attached hydrogen (secondary N) is 2. The van der Waals surface area contributed by atoms with Gasteiger partial charge < -0.3 is 10.6 Å². The molecule has 6 heteroatoms. The van der Waals surface area contributed by atoms with E-state index in [-0.39, 0.29) is 18.0 Å². The van der Waals surface area contributed by atoms with Crippen LogP contribution in [0.25, 0.3) is 0 Å². The van der Waals surface area contributed by atoms with Gasteiger partial charge in [-0.25, -0.2) is 8.78 Å². The van der Waals surface area contributed by atoms with Crippen LogP contribution >= 0.6 is 12.4 Å². The minimum Gasteiger partial charge on any atom is -0.352 e. The van der Waals surface area contributed by atoms with Crippen molar-refractivity contribution < 1.29 is 13.6 Å². The quantitative estimate of drug-likeness (QED) is 0.883. The molecule has 18 heavy (non-hydrogen) atoms. The van der Waals surface area contributed by atoms with Crippen molar-refractivity contribution in [3.8, 4) is 0 Å². The molecule has 1 unspecified atom stereocenters. The standard InChI is InChI=1S/C12H14F2N2O.ClH/c13-9-1-2-10(11(14)5-9)12(17)16-7-8-3-4-15-6-8;/h1-2,5,8,15H,3-4,6-7H2,(H,16,17);1H. The fourth-order valence-corrected chi connectivity index (χ4v) is 1.89. The van der Waals surface area contributed by atoms with Gasteiger partial charge in [-0.05, 0) is 37.6 Å². The minimum atomic E-state index is -0.827. The number of benzene rings is 1. The molecule has 100 valence electrons. The molecular formula is C12H15ClF2N2O. The molecule has 1 aliphatic heterocycles. The summed E-state index contributed by atoms with van der Waals surface area (Å²) >= 11 is 0. The summed E-state index contributed by atoms with van der Waals surface area (Å²) in [6, 6.07) is 2.95. The van der Waals surface area contributed by atoms with Gasteiger partial charge in [0.1, 0.15) is 11.6 Å². The third kappa shape index (κ3) is 3.65. The lowest BCUT2D eigenvalue weighted by Gasteiger charge is -2.10. The molecule has 0 radical (unpaired) electrons. The molecule has 1 aliphatic rings. The molecule has 2 N–H and O–H groups in total. The van der Waals surface area contributed by atoms with E-state index in [4.69, 9.17) is 0 Å². The van der Waals surface area contributed by atoms with E-state index in [0.717, 1.165) is 31.6 Å². The SMILES string of the molecule is Cl.O=C(NCC1CCNC1)c1ccc(F)cc1F. The minimum absolute atomic E-state index is 0. The monoisotopic (exact) mass is 276 g/mol. The van der Waals surface area contributed by atoms with Crippen LogP contribution < -0.4 is 10.6 Å². The first-order valence-corrected chi connectivity index (χ1v) is 5.61. The van der Waals surface area contributed by atoms with Crippen molar-refractivity contribution >= 4 is 18.3 Å². The molecule has 1 aromatic rings. The number of hydrogen-bond donors (Lipinski definition) is 2. The van der Waals surface area contributed by atoms with Crippen LogP contribution in [0.5, 0.6) is 0 Å². The van der Waals surface area contributed by atoms with Gasteiger partial charge in [0.05, 0.1) is 5.56 Å². The van der Waals surface area contributed by atoms with Crippen molar-refractivity contribution in [3.63, 3.8) is 0 Å². The summed E-state index contributed by atoms with van der Waals surface area (Å²) in [6.45, 7) is 2.33. The molecule has 0 spiro atoms. The predicted octanol–water partition coefficient (Wildman–Crippen LogP) is 1.73. The summed E-state index contributed by atoms with van der Waals surface area (Å²) in [5, 5.41) is 5.84. The second-order valence-electron chi connectivity index (χ2n) is 4.19. The Labute approximate surface area is 110 Å². The molecule has 0 aromatic heterocycles. The van der Waals surface area contributed by atoms with Gasteiger partial charge in [-0.2, -0.15) is 0 Å². The first kappa shape index (κ1) is 14.9. The maximum absolute atomic E-state index is 13.3. The van der Waals surface area contributed by atoms with E-state index in [0.29, 0.717) is 18.5 Å². The van der Waals surface area contributed by atoms with Gasteiger partial charge in [0.15, 0.2) is 0 Å². The van der Waals surface area contributed by atoms with Crippen LogP contribution in [0.15, 0.2) is 18.2 Å². The van der Waals surface area contributed by atoms with Gasteiger partial charge in [0, 0.05) is 12.6 Å². The lowest BCUT2D eigenvalue weighted by molar-refractivity contribution is 0.0944.